The number of carbonyl (C=O) groups is 1. The van der Waals surface area contributed by atoms with Crippen molar-refractivity contribution in [2.45, 2.75) is 20.0 Å². The highest BCUT2D eigenvalue weighted by Crippen LogP contribution is 2.32. The topological polar surface area (TPSA) is 66.3 Å². The lowest BCUT2D eigenvalue weighted by molar-refractivity contribution is -0.116. The van der Waals surface area contributed by atoms with E-state index in [9.17, 15) is 4.79 Å². The van der Waals surface area contributed by atoms with Crippen LogP contribution < -0.4 is 20.6 Å². The van der Waals surface area contributed by atoms with E-state index in [2.05, 4.69) is 5.32 Å². The summed E-state index contributed by atoms with van der Waals surface area (Å²) >= 11 is 1.50. The zero-order valence-electron chi connectivity index (χ0n) is 15.4. The second-order valence-electron chi connectivity index (χ2n) is 6.23. The van der Waals surface area contributed by atoms with Crippen LogP contribution in [-0.2, 0) is 4.79 Å². The lowest BCUT2D eigenvalue weighted by Gasteiger charge is -2.34. The molecule has 1 amide bonds. The number of fused-ring (bicyclic) bond motifs is 2. The van der Waals surface area contributed by atoms with Crippen LogP contribution in [0.2, 0.25) is 0 Å². The zero-order valence-corrected chi connectivity index (χ0v) is 16.2. The highest BCUT2D eigenvalue weighted by Gasteiger charge is 2.34. The first kappa shape index (κ1) is 17.6. The average molecular weight is 380 g/mol. The number of amides is 1. The number of nitrogens with zero attached hydrogens (tertiary/aromatic N) is 3. The van der Waals surface area contributed by atoms with Crippen LogP contribution in [-0.4, -0.2) is 28.9 Å². The maximum atomic E-state index is 12.9. The van der Waals surface area contributed by atoms with Crippen LogP contribution in [0, 0.1) is 6.92 Å². The molecule has 0 saturated heterocycles. The van der Waals surface area contributed by atoms with Gasteiger partial charge in [0.2, 0.25) is 0 Å². The molecule has 0 aliphatic carbocycles. The quantitative estimate of drug-likeness (QED) is 0.883. The second kappa shape index (κ2) is 7.08. The summed E-state index contributed by atoms with van der Waals surface area (Å²) in [6, 6.07) is 13.6. The molecule has 7 heteroatoms. The number of rotatable bonds is 3. The highest BCUT2D eigenvalue weighted by molar-refractivity contribution is 8.13. The standard InChI is InChI=1S/C20H20N4O2S/c1-4-27-20-22-19(25)17-14-7-5-6-8-15(14)21-18(24(17)23-20)13-9-10-16(26-3)12(2)11-13/h5-11,18H,4H2,1-3H3,(H,22,23,25)/t18-/m0/s1. The summed E-state index contributed by atoms with van der Waals surface area (Å²) in [5, 5.41) is 11.5. The predicted molar refractivity (Wildman–Crippen MR) is 107 cm³/mol. The van der Waals surface area contributed by atoms with Crippen LogP contribution in [0.3, 0.4) is 0 Å². The van der Waals surface area contributed by atoms with Crippen molar-refractivity contribution in [3.63, 3.8) is 0 Å². The fourth-order valence-corrected chi connectivity index (χ4v) is 3.89. The number of hydrogen-bond acceptors (Lipinski definition) is 6. The first-order chi connectivity index (χ1) is 13.1. The molecule has 0 radical (unpaired) electrons. The molecule has 2 aliphatic heterocycles. The maximum Gasteiger partial charge on any atom is 0.276 e. The van der Waals surface area contributed by atoms with E-state index in [1.807, 2.05) is 56.3 Å². The second-order valence-corrected chi connectivity index (χ2v) is 7.49. The Labute approximate surface area is 161 Å². The maximum absolute atomic E-state index is 12.9. The molecule has 1 atom stereocenters. The molecule has 1 N–H and O–H groups in total. The Hall–Kier alpha value is -2.80. The van der Waals surface area contributed by atoms with Crippen LogP contribution in [0.4, 0.5) is 0 Å². The van der Waals surface area contributed by atoms with Gasteiger partial charge in [-0.1, -0.05) is 43.0 Å². The SMILES string of the molecule is CCSC1=NN2C(=c3ccccc3=N[C@@H]2c2ccc(OC)c(C)c2)C(=O)N1. The summed E-state index contributed by atoms with van der Waals surface area (Å²) < 4.78 is 5.37. The van der Waals surface area contributed by atoms with Gasteiger partial charge in [-0.3, -0.25) is 15.1 Å². The normalized spacial score (nSPS) is 18.1. The molecular weight excluding hydrogens is 360 g/mol. The molecule has 2 aliphatic rings. The average Bonchev–Trinajstić information content (AvgIpc) is 2.67. The van der Waals surface area contributed by atoms with Crippen LogP contribution >= 0.6 is 11.8 Å². The minimum absolute atomic E-state index is 0.154. The van der Waals surface area contributed by atoms with E-state index in [1.165, 1.54) is 11.8 Å². The van der Waals surface area contributed by atoms with Gasteiger partial charge < -0.3 is 4.74 Å². The van der Waals surface area contributed by atoms with Crippen molar-refractivity contribution < 1.29 is 9.53 Å². The lowest BCUT2D eigenvalue weighted by Crippen LogP contribution is -2.50. The van der Waals surface area contributed by atoms with Crippen molar-refractivity contribution in [2.75, 3.05) is 12.9 Å². The number of aryl methyl sites for hydroxylation is 1. The molecule has 2 aromatic carbocycles. The molecule has 0 saturated carbocycles. The number of nitrogens with one attached hydrogen (secondary N) is 1. The first-order valence-corrected chi connectivity index (χ1v) is 9.74. The molecule has 27 heavy (non-hydrogen) atoms. The van der Waals surface area contributed by atoms with E-state index in [4.69, 9.17) is 14.8 Å². The first-order valence-electron chi connectivity index (χ1n) is 8.76. The van der Waals surface area contributed by atoms with Gasteiger partial charge in [0.1, 0.15) is 11.4 Å². The summed E-state index contributed by atoms with van der Waals surface area (Å²) in [6.45, 7) is 4.02. The number of ether oxygens (including phenoxy) is 1. The van der Waals surface area contributed by atoms with Gasteiger partial charge in [-0.25, -0.2) is 5.01 Å². The van der Waals surface area contributed by atoms with Crippen LogP contribution in [0.1, 0.15) is 24.2 Å². The summed E-state index contributed by atoms with van der Waals surface area (Å²) in [7, 11) is 1.66. The third-order valence-electron chi connectivity index (χ3n) is 4.51. The van der Waals surface area contributed by atoms with Gasteiger partial charge in [0, 0.05) is 5.22 Å². The van der Waals surface area contributed by atoms with Crippen molar-refractivity contribution in [1.29, 1.82) is 0 Å². The number of thioether (sulfide) groups is 1. The monoisotopic (exact) mass is 380 g/mol. The van der Waals surface area contributed by atoms with E-state index in [-0.39, 0.29) is 5.91 Å². The number of hydrazone groups is 1. The molecule has 0 bridgehead atoms. The minimum Gasteiger partial charge on any atom is -0.496 e. The number of methoxy groups -OCH3 is 1. The Morgan fingerprint density at radius 3 is 2.81 bits per heavy atom. The smallest absolute Gasteiger partial charge is 0.276 e. The highest BCUT2D eigenvalue weighted by atomic mass is 32.2. The minimum atomic E-state index is -0.405. The van der Waals surface area contributed by atoms with Gasteiger partial charge in [-0.15, -0.1) is 5.10 Å². The van der Waals surface area contributed by atoms with Gasteiger partial charge in [0.25, 0.3) is 5.91 Å². The summed E-state index contributed by atoms with van der Waals surface area (Å²) in [5.41, 5.74) is 2.50. The fourth-order valence-electron chi connectivity index (χ4n) is 3.31. The van der Waals surface area contributed by atoms with Gasteiger partial charge >= 0.3 is 0 Å². The van der Waals surface area contributed by atoms with Crippen molar-refractivity contribution in [3.8, 4) is 5.75 Å². The third kappa shape index (κ3) is 3.08. The van der Waals surface area contributed by atoms with Crippen molar-refractivity contribution in [1.82, 2.24) is 10.3 Å². The van der Waals surface area contributed by atoms with Crippen molar-refractivity contribution >= 4 is 28.5 Å². The molecule has 2 aromatic rings. The van der Waals surface area contributed by atoms with Crippen molar-refractivity contribution in [2.24, 2.45) is 10.1 Å². The van der Waals surface area contributed by atoms with Gasteiger partial charge in [0.15, 0.2) is 11.3 Å². The third-order valence-corrected chi connectivity index (χ3v) is 5.26. The fraction of sp³-hybridized carbons (Fsp3) is 0.250. The molecule has 0 aromatic heterocycles. The number of benzene rings is 2. The molecule has 6 nitrogen and oxygen atoms in total. The Bertz CT molecular complexity index is 1060. The largest absolute Gasteiger partial charge is 0.496 e. The summed E-state index contributed by atoms with van der Waals surface area (Å²) in [5.74, 6) is 1.49. The summed E-state index contributed by atoms with van der Waals surface area (Å²) in [4.78, 5) is 17.8. The van der Waals surface area contributed by atoms with Gasteiger partial charge in [-0.05, 0) is 42.0 Å². The Morgan fingerprint density at radius 1 is 1.26 bits per heavy atom. The van der Waals surface area contributed by atoms with Gasteiger partial charge in [-0.2, -0.15) is 0 Å². The Kier molecular flexibility index (Phi) is 4.61. The molecule has 0 fully saturated rings. The van der Waals surface area contributed by atoms with E-state index in [1.54, 1.807) is 12.1 Å². The zero-order chi connectivity index (χ0) is 19.0. The number of carbonyl (C=O) groups excluding carboxylic acids is 1. The Balaban J connectivity index is 1.92. The molecule has 138 valence electrons. The van der Waals surface area contributed by atoms with Crippen molar-refractivity contribution in [3.05, 3.63) is 64.2 Å². The molecule has 2 heterocycles. The van der Waals surface area contributed by atoms with E-state index in [0.717, 1.165) is 33.2 Å². The predicted octanol–water partition coefficient (Wildman–Crippen LogP) is 1.90. The van der Waals surface area contributed by atoms with Crippen LogP contribution in [0.5, 0.6) is 5.75 Å². The van der Waals surface area contributed by atoms with E-state index < -0.39 is 6.17 Å². The number of hydrogen-bond donors (Lipinski definition) is 1. The Morgan fingerprint density at radius 2 is 2.07 bits per heavy atom. The van der Waals surface area contributed by atoms with Gasteiger partial charge in [0.05, 0.1) is 12.5 Å². The molecule has 0 unspecified atom stereocenters. The van der Waals surface area contributed by atoms with Crippen LogP contribution in [0.25, 0.3) is 5.70 Å². The summed E-state index contributed by atoms with van der Waals surface area (Å²) in [6.07, 6.45) is -0.405. The molecule has 0 spiro atoms. The lowest BCUT2D eigenvalue weighted by atomic mass is 10.1. The van der Waals surface area contributed by atoms with E-state index in [0.29, 0.717) is 10.9 Å². The van der Waals surface area contributed by atoms with E-state index >= 15 is 0 Å². The molecular formula is C20H20N4O2S. The van der Waals surface area contributed by atoms with Crippen LogP contribution in [0.15, 0.2) is 52.6 Å². The molecule has 4 rings (SSSR count). The number of amidine groups is 1. The number of para-hydroxylation sites is 1.